The highest BCUT2D eigenvalue weighted by Gasteiger charge is 2.16. The van der Waals surface area contributed by atoms with E-state index in [1.54, 1.807) is 23.9 Å². The molecule has 3 aromatic carbocycles. The molecule has 0 aromatic heterocycles. The molecule has 0 saturated carbocycles. The van der Waals surface area contributed by atoms with Crippen LogP contribution in [0.5, 0.6) is 0 Å². The number of carbonyl (C=O) groups excluding carboxylic acids is 2. The largest absolute Gasteiger partial charge is 0.453 e. The van der Waals surface area contributed by atoms with Gasteiger partial charge in [0.1, 0.15) is 0 Å². The number of rotatable bonds is 8. The zero-order chi connectivity index (χ0) is 22.1. The summed E-state index contributed by atoms with van der Waals surface area (Å²) < 4.78 is 4.56. The van der Waals surface area contributed by atoms with Gasteiger partial charge < -0.3 is 10.1 Å². The van der Waals surface area contributed by atoms with Gasteiger partial charge in [-0.25, -0.2) is 4.79 Å². The summed E-state index contributed by atoms with van der Waals surface area (Å²) in [6.45, 7) is 0.412. The van der Waals surface area contributed by atoms with Gasteiger partial charge in [0.05, 0.1) is 18.1 Å². The maximum Gasteiger partial charge on any atom is 0.411 e. The lowest BCUT2D eigenvalue weighted by molar-refractivity contribution is -0.118. The number of hydrogen-bond acceptors (Lipinski definition) is 4. The van der Waals surface area contributed by atoms with Gasteiger partial charge >= 0.3 is 6.09 Å². The van der Waals surface area contributed by atoms with Crippen LogP contribution in [0.25, 0.3) is 0 Å². The Kier molecular flexibility index (Phi) is 8.38. The second kappa shape index (κ2) is 11.4. The van der Waals surface area contributed by atoms with Crippen LogP contribution < -0.4 is 10.6 Å². The predicted molar refractivity (Wildman–Crippen MR) is 127 cm³/mol. The van der Waals surface area contributed by atoms with Gasteiger partial charge in [-0.05, 0) is 41.0 Å². The minimum Gasteiger partial charge on any atom is -0.453 e. The first-order valence-corrected chi connectivity index (χ1v) is 11.1. The van der Waals surface area contributed by atoms with Gasteiger partial charge in [0.15, 0.2) is 0 Å². The molecule has 2 N–H and O–H groups in total. The van der Waals surface area contributed by atoms with E-state index in [1.807, 2.05) is 54.6 Å². The fourth-order valence-corrected chi connectivity index (χ4v) is 4.18. The maximum absolute atomic E-state index is 12.5. The molecule has 0 aliphatic rings. The fraction of sp³-hybridized carbons (Fsp3) is 0.167. The van der Waals surface area contributed by atoms with E-state index in [4.69, 9.17) is 11.6 Å². The third-order valence-corrected chi connectivity index (χ3v) is 6.09. The highest BCUT2D eigenvalue weighted by Crippen LogP contribution is 2.35. The lowest BCUT2D eigenvalue weighted by Gasteiger charge is -2.18. The summed E-state index contributed by atoms with van der Waals surface area (Å²) >= 11 is 7.61. The van der Waals surface area contributed by atoms with Crippen LogP contribution in [0.2, 0.25) is 5.02 Å². The number of amides is 2. The van der Waals surface area contributed by atoms with Gasteiger partial charge in [0, 0.05) is 17.3 Å². The predicted octanol–water partition coefficient (Wildman–Crippen LogP) is 5.66. The summed E-state index contributed by atoms with van der Waals surface area (Å²) in [5.41, 5.74) is 3.80. The Labute approximate surface area is 191 Å². The molecule has 2 amide bonds. The number of methoxy groups -OCH3 is 1. The Morgan fingerprint density at radius 1 is 0.935 bits per heavy atom. The van der Waals surface area contributed by atoms with Gasteiger partial charge in [-0.1, -0.05) is 66.2 Å². The quantitative estimate of drug-likeness (QED) is 0.461. The molecule has 5 nitrogen and oxygen atoms in total. The summed E-state index contributed by atoms with van der Waals surface area (Å²) in [7, 11) is 1.31. The van der Waals surface area contributed by atoms with E-state index in [-0.39, 0.29) is 11.2 Å². The Morgan fingerprint density at radius 3 is 2.23 bits per heavy atom. The van der Waals surface area contributed by atoms with E-state index in [2.05, 4.69) is 27.5 Å². The molecular weight excluding hydrogens is 432 g/mol. The van der Waals surface area contributed by atoms with Gasteiger partial charge in [0.2, 0.25) is 5.91 Å². The molecule has 0 aliphatic heterocycles. The fourth-order valence-electron chi connectivity index (χ4n) is 2.94. The summed E-state index contributed by atoms with van der Waals surface area (Å²) in [5, 5.41) is 6.26. The molecule has 0 fully saturated rings. The Hall–Kier alpha value is -2.96. The molecule has 1 unspecified atom stereocenters. The van der Waals surface area contributed by atoms with Crippen molar-refractivity contribution in [2.24, 2.45) is 0 Å². The number of anilines is 1. The van der Waals surface area contributed by atoms with Crippen molar-refractivity contribution in [1.29, 1.82) is 0 Å². The van der Waals surface area contributed by atoms with Gasteiger partial charge in [-0.3, -0.25) is 10.1 Å². The zero-order valence-corrected chi connectivity index (χ0v) is 18.6. The van der Waals surface area contributed by atoms with E-state index in [9.17, 15) is 9.59 Å². The molecule has 0 saturated heterocycles. The summed E-state index contributed by atoms with van der Waals surface area (Å²) in [5.74, 6) is 0.279. The number of halogens is 1. The molecule has 0 bridgehead atoms. The number of nitrogens with one attached hydrogen (secondary N) is 2. The second-order valence-corrected chi connectivity index (χ2v) is 8.27. The average molecular weight is 455 g/mol. The molecule has 7 heteroatoms. The minimum absolute atomic E-state index is 0.0351. The molecular formula is C24H23ClN2O3S. The molecule has 3 rings (SSSR count). The number of ether oxygens (including phenoxy) is 1. The van der Waals surface area contributed by atoms with Crippen molar-refractivity contribution >= 4 is 41.1 Å². The van der Waals surface area contributed by atoms with Crippen molar-refractivity contribution in [1.82, 2.24) is 5.32 Å². The van der Waals surface area contributed by atoms with Crippen molar-refractivity contribution in [3.05, 3.63) is 101 Å². The van der Waals surface area contributed by atoms with E-state index in [0.29, 0.717) is 23.0 Å². The molecule has 3 aromatic rings. The molecule has 0 aliphatic carbocycles. The van der Waals surface area contributed by atoms with Gasteiger partial charge in [-0.15, -0.1) is 11.8 Å². The number of benzene rings is 3. The third kappa shape index (κ3) is 7.05. The highest BCUT2D eigenvalue weighted by atomic mass is 35.5. The molecule has 1 atom stereocenters. The molecule has 0 heterocycles. The van der Waals surface area contributed by atoms with Crippen molar-refractivity contribution in [3.63, 3.8) is 0 Å². The first kappa shape index (κ1) is 22.7. The Morgan fingerprint density at radius 2 is 1.58 bits per heavy atom. The standard InChI is InChI=1S/C24H23ClN2O3S/c1-30-24(29)27-21-13-7-17(8-14-21)15-26-22(28)16-31-23(18-5-3-2-4-6-18)19-9-11-20(25)12-10-19/h2-14,23H,15-16H2,1H3,(H,26,28)(H,27,29). The van der Waals surface area contributed by atoms with E-state index in [1.165, 1.54) is 7.11 Å². The second-order valence-electron chi connectivity index (χ2n) is 6.74. The van der Waals surface area contributed by atoms with Crippen LogP contribution in [0.4, 0.5) is 10.5 Å². The lowest BCUT2D eigenvalue weighted by atomic mass is 10.0. The first-order chi connectivity index (χ1) is 15.0. The lowest BCUT2D eigenvalue weighted by Crippen LogP contribution is -2.25. The zero-order valence-electron chi connectivity index (χ0n) is 17.0. The Balaban J connectivity index is 1.56. The van der Waals surface area contributed by atoms with E-state index < -0.39 is 6.09 Å². The first-order valence-electron chi connectivity index (χ1n) is 9.68. The molecule has 0 spiro atoms. The van der Waals surface area contributed by atoms with Gasteiger partial charge in [0.25, 0.3) is 0 Å². The van der Waals surface area contributed by atoms with Gasteiger partial charge in [-0.2, -0.15) is 0 Å². The smallest absolute Gasteiger partial charge is 0.411 e. The highest BCUT2D eigenvalue weighted by molar-refractivity contribution is 8.00. The van der Waals surface area contributed by atoms with Crippen molar-refractivity contribution in [2.75, 3.05) is 18.2 Å². The van der Waals surface area contributed by atoms with Crippen LogP contribution in [-0.2, 0) is 16.1 Å². The van der Waals surface area contributed by atoms with Crippen LogP contribution in [0.3, 0.4) is 0 Å². The summed E-state index contributed by atoms with van der Waals surface area (Å²) in [4.78, 5) is 23.7. The van der Waals surface area contributed by atoms with Crippen LogP contribution in [-0.4, -0.2) is 24.9 Å². The Bertz CT molecular complexity index is 996. The monoisotopic (exact) mass is 454 g/mol. The maximum atomic E-state index is 12.5. The topological polar surface area (TPSA) is 67.4 Å². The van der Waals surface area contributed by atoms with Crippen molar-refractivity contribution in [2.45, 2.75) is 11.8 Å². The van der Waals surface area contributed by atoms with Crippen LogP contribution in [0.15, 0.2) is 78.9 Å². The summed E-state index contributed by atoms with van der Waals surface area (Å²) in [6, 6.07) is 25.0. The van der Waals surface area contributed by atoms with Crippen molar-refractivity contribution < 1.29 is 14.3 Å². The minimum atomic E-state index is -0.522. The number of hydrogen-bond donors (Lipinski definition) is 2. The molecule has 0 radical (unpaired) electrons. The molecule has 31 heavy (non-hydrogen) atoms. The summed E-state index contributed by atoms with van der Waals surface area (Å²) in [6.07, 6.45) is -0.522. The van der Waals surface area contributed by atoms with E-state index >= 15 is 0 Å². The van der Waals surface area contributed by atoms with Crippen LogP contribution in [0.1, 0.15) is 21.9 Å². The molecule has 160 valence electrons. The van der Waals surface area contributed by atoms with E-state index in [0.717, 1.165) is 16.7 Å². The third-order valence-electron chi connectivity index (χ3n) is 4.53. The van der Waals surface area contributed by atoms with Crippen LogP contribution >= 0.6 is 23.4 Å². The number of thioether (sulfide) groups is 1. The van der Waals surface area contributed by atoms with Crippen LogP contribution in [0, 0.1) is 0 Å². The number of carbonyl (C=O) groups is 2. The average Bonchev–Trinajstić information content (AvgIpc) is 2.80. The SMILES string of the molecule is COC(=O)Nc1ccc(CNC(=O)CSC(c2ccccc2)c2ccc(Cl)cc2)cc1. The normalized spacial score (nSPS) is 11.4. The van der Waals surface area contributed by atoms with Crippen molar-refractivity contribution in [3.8, 4) is 0 Å².